The number of carbonyl (C=O) groups is 3. The van der Waals surface area contributed by atoms with Crippen LogP contribution in [0.1, 0.15) is 79.1 Å². The quantitative estimate of drug-likeness (QED) is 0.485. The molecule has 5 heteroatoms. The van der Waals surface area contributed by atoms with Crippen LogP contribution in [0.15, 0.2) is 0 Å². The van der Waals surface area contributed by atoms with Gasteiger partial charge in [0.2, 0.25) is 0 Å². The second kappa shape index (κ2) is 7.31. The van der Waals surface area contributed by atoms with Crippen molar-refractivity contribution >= 4 is 17.7 Å². The number of ether oxygens (including phenoxy) is 2. The van der Waals surface area contributed by atoms with Gasteiger partial charge >= 0.3 is 11.9 Å². The molecule has 172 valence electrons. The number of esters is 2. The molecule has 0 radical (unpaired) electrons. The molecule has 0 aromatic rings. The Hall–Kier alpha value is -1.39. The fourth-order valence-corrected chi connectivity index (χ4v) is 9.01. The van der Waals surface area contributed by atoms with Crippen molar-refractivity contribution in [1.29, 1.82) is 0 Å². The first kappa shape index (κ1) is 21.5. The summed E-state index contributed by atoms with van der Waals surface area (Å²) in [7, 11) is 0. The van der Waals surface area contributed by atoms with Crippen LogP contribution in [-0.4, -0.2) is 29.9 Å². The largest absolute Gasteiger partial charge is 0.465 e. The van der Waals surface area contributed by atoms with Crippen LogP contribution < -0.4 is 0 Å². The van der Waals surface area contributed by atoms with E-state index < -0.39 is 5.92 Å². The molecule has 5 rings (SSSR count). The van der Waals surface area contributed by atoms with Crippen LogP contribution in [0.25, 0.3) is 0 Å². The van der Waals surface area contributed by atoms with Gasteiger partial charge < -0.3 is 9.47 Å². The monoisotopic (exact) mass is 430 g/mol. The van der Waals surface area contributed by atoms with Gasteiger partial charge in [-0.3, -0.25) is 14.4 Å². The van der Waals surface area contributed by atoms with Gasteiger partial charge in [0.25, 0.3) is 0 Å². The maximum absolute atomic E-state index is 13.1. The lowest BCUT2D eigenvalue weighted by Crippen LogP contribution is -2.58. The van der Waals surface area contributed by atoms with E-state index >= 15 is 0 Å². The van der Waals surface area contributed by atoms with Crippen LogP contribution in [0.2, 0.25) is 0 Å². The van der Waals surface area contributed by atoms with E-state index in [0.29, 0.717) is 42.1 Å². The van der Waals surface area contributed by atoms with Crippen molar-refractivity contribution in [2.45, 2.75) is 84.7 Å². The van der Waals surface area contributed by atoms with E-state index in [1.54, 1.807) is 0 Å². The molecule has 31 heavy (non-hydrogen) atoms. The second-order valence-corrected chi connectivity index (χ2v) is 11.8. The highest BCUT2D eigenvalue weighted by atomic mass is 16.6. The summed E-state index contributed by atoms with van der Waals surface area (Å²) in [4.78, 5) is 37.7. The summed E-state index contributed by atoms with van der Waals surface area (Å²) in [6.07, 6.45) is 8.50. The van der Waals surface area contributed by atoms with Crippen molar-refractivity contribution in [3.63, 3.8) is 0 Å². The maximum atomic E-state index is 13.1. The minimum absolute atomic E-state index is 0.0996. The van der Waals surface area contributed by atoms with Crippen LogP contribution in [-0.2, 0) is 23.9 Å². The number of rotatable bonds is 3. The van der Waals surface area contributed by atoms with Gasteiger partial charge in [0, 0.05) is 12.8 Å². The smallest absolute Gasteiger partial charge is 0.317 e. The summed E-state index contributed by atoms with van der Waals surface area (Å²) in [6, 6.07) is 0. The first-order valence-electron chi connectivity index (χ1n) is 12.6. The molecule has 0 bridgehead atoms. The molecule has 5 aliphatic carbocycles. The first-order chi connectivity index (χ1) is 14.7. The molecule has 0 N–H and O–H groups in total. The number of ketones is 1. The molecular formula is C26H38O5. The number of fused-ring (bicyclic) bond motifs is 7. The fraction of sp³-hybridized carbons (Fsp3) is 0.885. The average Bonchev–Trinajstić information content (AvgIpc) is 3.47. The molecule has 5 aliphatic rings. The Labute approximate surface area is 186 Å². The van der Waals surface area contributed by atoms with Crippen molar-refractivity contribution in [1.82, 2.24) is 0 Å². The van der Waals surface area contributed by atoms with Gasteiger partial charge in [0.05, 0.1) is 6.61 Å². The minimum Gasteiger partial charge on any atom is -0.465 e. The predicted molar refractivity (Wildman–Crippen MR) is 115 cm³/mol. The van der Waals surface area contributed by atoms with Gasteiger partial charge in [0.1, 0.15) is 11.5 Å². The van der Waals surface area contributed by atoms with E-state index in [2.05, 4.69) is 13.8 Å². The first-order valence-corrected chi connectivity index (χ1v) is 12.6. The van der Waals surface area contributed by atoms with Crippen molar-refractivity contribution in [2.75, 3.05) is 6.61 Å². The van der Waals surface area contributed by atoms with Gasteiger partial charge in [-0.1, -0.05) is 6.92 Å². The van der Waals surface area contributed by atoms with Gasteiger partial charge in [0.15, 0.2) is 5.78 Å². The Bertz CT molecular complexity index is 791. The highest BCUT2D eigenvalue weighted by molar-refractivity contribution is 6.03. The molecule has 5 nitrogen and oxygen atoms in total. The van der Waals surface area contributed by atoms with Gasteiger partial charge in [-0.2, -0.15) is 0 Å². The van der Waals surface area contributed by atoms with Gasteiger partial charge in [-0.15, -0.1) is 0 Å². The van der Waals surface area contributed by atoms with E-state index in [1.165, 1.54) is 19.8 Å². The molecule has 0 saturated heterocycles. The maximum Gasteiger partial charge on any atom is 0.317 e. The summed E-state index contributed by atoms with van der Waals surface area (Å²) in [6.45, 7) is 8.03. The minimum atomic E-state index is -0.557. The highest BCUT2D eigenvalue weighted by Crippen LogP contribution is 2.70. The molecule has 0 heterocycles. The Morgan fingerprint density at radius 3 is 2.45 bits per heavy atom. The van der Waals surface area contributed by atoms with Gasteiger partial charge in [-0.05, 0) is 106 Å². The normalized spacial score (nSPS) is 50.3. The molecule has 0 spiro atoms. The molecule has 1 unspecified atom stereocenters. The molecule has 0 amide bonds. The van der Waals surface area contributed by atoms with Crippen molar-refractivity contribution in [3.05, 3.63) is 0 Å². The molecule has 0 aliphatic heterocycles. The Kier molecular flexibility index (Phi) is 5.06. The number of carbonyl (C=O) groups excluding carboxylic acids is 3. The summed E-state index contributed by atoms with van der Waals surface area (Å²) < 4.78 is 11.1. The fourth-order valence-electron chi connectivity index (χ4n) is 9.01. The third kappa shape index (κ3) is 3.28. The van der Waals surface area contributed by atoms with Crippen molar-refractivity contribution in [3.8, 4) is 0 Å². The molecule has 0 aromatic carbocycles. The van der Waals surface area contributed by atoms with E-state index in [4.69, 9.17) is 9.47 Å². The molecule has 0 aromatic heterocycles. The summed E-state index contributed by atoms with van der Waals surface area (Å²) in [5.41, 5.74) is -0.549. The van der Waals surface area contributed by atoms with E-state index in [-0.39, 0.29) is 34.7 Å². The van der Waals surface area contributed by atoms with Crippen molar-refractivity contribution < 1.29 is 23.9 Å². The van der Waals surface area contributed by atoms with E-state index in [9.17, 15) is 14.4 Å². The average molecular weight is 431 g/mol. The summed E-state index contributed by atoms with van der Waals surface area (Å²) in [5.74, 6) is 2.88. The van der Waals surface area contributed by atoms with Crippen molar-refractivity contribution in [2.24, 2.45) is 52.8 Å². The zero-order chi connectivity index (χ0) is 22.1. The lowest BCUT2D eigenvalue weighted by atomic mass is 9.44. The standard InChI is InChI=1S/C26H38O5/c1-5-30-24(29)22-23(28)20-12-19(20)21-18-7-6-15-13-25(3,31-14(2)27)10-8-16(15)17(18)9-11-26(21,22)4/h15-22H,5-13H2,1-4H3/t15-,16+,17-,18-,19-,20+,21-,22?,25-,26+/m1/s1. The van der Waals surface area contributed by atoms with E-state index in [0.717, 1.165) is 38.5 Å². The molecular weight excluding hydrogens is 392 g/mol. The Morgan fingerprint density at radius 1 is 1.00 bits per heavy atom. The Morgan fingerprint density at radius 2 is 1.74 bits per heavy atom. The predicted octanol–water partition coefficient (Wildman–Crippen LogP) is 4.57. The van der Waals surface area contributed by atoms with Gasteiger partial charge in [-0.25, -0.2) is 0 Å². The molecule has 5 saturated carbocycles. The van der Waals surface area contributed by atoms with Crippen LogP contribution in [0, 0.1) is 52.8 Å². The van der Waals surface area contributed by atoms with Crippen LogP contribution in [0.3, 0.4) is 0 Å². The molecule has 10 atom stereocenters. The SMILES string of the molecule is CCOC(=O)C1C(=O)[C@H]2C[C@H]2[C@H]2[C@@H]3CC[C@@H]4C[C@](C)(OC(C)=O)CC[C@@H]4[C@H]3CC[C@]12C. The summed E-state index contributed by atoms with van der Waals surface area (Å²) >= 11 is 0. The zero-order valence-corrected chi connectivity index (χ0v) is 19.5. The lowest BCUT2D eigenvalue weighted by molar-refractivity contribution is -0.179. The zero-order valence-electron chi connectivity index (χ0n) is 19.5. The lowest BCUT2D eigenvalue weighted by Gasteiger charge is -2.60. The van der Waals surface area contributed by atoms with Crippen LogP contribution in [0.5, 0.6) is 0 Å². The number of hydrogen-bond donors (Lipinski definition) is 0. The third-order valence-corrected chi connectivity index (χ3v) is 10.0. The van der Waals surface area contributed by atoms with Crippen LogP contribution in [0.4, 0.5) is 0 Å². The Balaban J connectivity index is 1.38. The number of Topliss-reactive ketones (excluding diaryl/α,β-unsaturated/α-hetero) is 1. The third-order valence-electron chi connectivity index (χ3n) is 10.0. The second-order valence-electron chi connectivity index (χ2n) is 11.8. The summed E-state index contributed by atoms with van der Waals surface area (Å²) in [5, 5.41) is 0. The van der Waals surface area contributed by atoms with Crippen LogP contribution >= 0.6 is 0 Å². The molecule has 5 fully saturated rings. The highest BCUT2D eigenvalue weighted by Gasteiger charge is 2.69. The topological polar surface area (TPSA) is 69.7 Å². The number of hydrogen-bond acceptors (Lipinski definition) is 5. The van der Waals surface area contributed by atoms with E-state index in [1.807, 2.05) is 6.92 Å².